The Morgan fingerprint density at radius 3 is 2.44 bits per heavy atom. The Hall–Kier alpha value is -1.32. The first kappa shape index (κ1) is 18.5. The van der Waals surface area contributed by atoms with Gasteiger partial charge >= 0.3 is 6.18 Å². The third-order valence-electron chi connectivity index (χ3n) is 4.49. The number of piperazine rings is 1. The van der Waals surface area contributed by atoms with Crippen LogP contribution in [0, 0.1) is 0 Å². The number of pyridine rings is 1. The lowest BCUT2D eigenvalue weighted by Crippen LogP contribution is -2.51. The van der Waals surface area contributed by atoms with Crippen LogP contribution in [-0.4, -0.2) is 61.2 Å². The first-order chi connectivity index (χ1) is 11.5. The molecule has 5 nitrogen and oxygen atoms in total. The zero-order valence-electron chi connectivity index (χ0n) is 13.4. The van der Waals surface area contributed by atoms with E-state index in [9.17, 15) is 21.6 Å². The van der Waals surface area contributed by atoms with E-state index in [2.05, 4.69) is 4.98 Å². The summed E-state index contributed by atoms with van der Waals surface area (Å²) < 4.78 is 64.0. The number of alkyl halides is 4. The predicted molar refractivity (Wildman–Crippen MR) is 90.3 cm³/mol. The van der Waals surface area contributed by atoms with Crippen LogP contribution in [0.5, 0.6) is 0 Å². The van der Waals surface area contributed by atoms with Crippen molar-refractivity contribution in [3.05, 3.63) is 22.8 Å². The number of aromatic nitrogens is 1. The molecule has 138 valence electrons. The zero-order chi connectivity index (χ0) is 18.5. The fraction of sp³-hybridized carbons (Fsp3) is 0.533. The normalized spacial score (nSPS) is 25.1. The maximum Gasteiger partial charge on any atom is 0.411 e. The third kappa shape index (κ3) is 3.50. The number of sulfonamides is 1. The van der Waals surface area contributed by atoms with Crippen LogP contribution in [0.25, 0.3) is 12.2 Å². The molecule has 0 amide bonds. The third-order valence-corrected chi connectivity index (χ3v) is 6.27. The van der Waals surface area contributed by atoms with Gasteiger partial charge in [-0.05, 0) is 18.6 Å². The van der Waals surface area contributed by atoms with Crippen LogP contribution in [-0.2, 0) is 10.0 Å². The molecule has 1 fully saturated rings. The molecule has 1 aliphatic heterocycles. The number of hydrogen-bond donors (Lipinski definition) is 0. The molecule has 0 aromatic carbocycles. The van der Waals surface area contributed by atoms with E-state index in [-0.39, 0.29) is 11.8 Å². The van der Waals surface area contributed by atoms with E-state index < -0.39 is 21.1 Å². The monoisotopic (exact) mass is 395 g/mol. The molecule has 0 radical (unpaired) electrons. The number of fused-ring (bicyclic) bond motifs is 1. The standard InChI is InChI=1S/C15H17ClF3N3O2S/c1-25(23,24)22-8-6-21(7-9-22)13-3-5-20-12-10-14(16,15(17,18)19)4-2-11(12)13/h2-3,5,10H,4,6-9H2,1H3. The molecular weight excluding hydrogens is 379 g/mol. The summed E-state index contributed by atoms with van der Waals surface area (Å²) in [6.45, 7) is 1.59. The topological polar surface area (TPSA) is 53.5 Å². The van der Waals surface area contributed by atoms with Gasteiger partial charge in [-0.25, -0.2) is 8.42 Å². The van der Waals surface area contributed by atoms with Gasteiger partial charge in [0.05, 0.1) is 11.6 Å². The van der Waals surface area contributed by atoms with Crippen molar-refractivity contribution in [3.8, 4) is 0 Å². The first-order valence-corrected chi connectivity index (χ1v) is 9.88. The minimum Gasteiger partial charge on any atom is -0.368 e. The number of halogens is 4. The van der Waals surface area contributed by atoms with Gasteiger partial charge in [0.15, 0.2) is 4.87 Å². The van der Waals surface area contributed by atoms with Crippen molar-refractivity contribution in [3.63, 3.8) is 0 Å². The summed E-state index contributed by atoms with van der Waals surface area (Å²) in [6.07, 6.45) is 0.0904. The van der Waals surface area contributed by atoms with Gasteiger partial charge in [0.2, 0.25) is 10.0 Å². The van der Waals surface area contributed by atoms with Gasteiger partial charge in [0, 0.05) is 43.3 Å². The minimum atomic E-state index is -4.57. The van der Waals surface area contributed by atoms with Gasteiger partial charge in [-0.2, -0.15) is 17.5 Å². The molecule has 2 aliphatic rings. The van der Waals surface area contributed by atoms with Crippen molar-refractivity contribution < 1.29 is 21.6 Å². The highest BCUT2D eigenvalue weighted by atomic mass is 35.5. The second kappa shape index (κ2) is 6.14. The highest BCUT2D eigenvalue weighted by Crippen LogP contribution is 2.41. The van der Waals surface area contributed by atoms with Crippen LogP contribution in [0.3, 0.4) is 0 Å². The quantitative estimate of drug-likeness (QED) is 0.691. The number of anilines is 1. The van der Waals surface area contributed by atoms with Crippen LogP contribution in [0.1, 0.15) is 6.42 Å². The molecule has 2 heterocycles. The van der Waals surface area contributed by atoms with Crippen molar-refractivity contribution in [2.75, 3.05) is 37.3 Å². The largest absolute Gasteiger partial charge is 0.411 e. The van der Waals surface area contributed by atoms with Crippen molar-refractivity contribution in [1.29, 1.82) is 0 Å². The molecule has 1 saturated heterocycles. The Balaban J connectivity index is 1.93. The van der Waals surface area contributed by atoms with Gasteiger partial charge in [0.1, 0.15) is 0 Å². The summed E-state index contributed by atoms with van der Waals surface area (Å²) in [4.78, 5) is 3.55. The molecule has 25 heavy (non-hydrogen) atoms. The van der Waals surface area contributed by atoms with E-state index in [1.165, 1.54) is 16.6 Å². The first-order valence-electron chi connectivity index (χ1n) is 7.65. The van der Waals surface area contributed by atoms with Gasteiger partial charge in [-0.1, -0.05) is 6.08 Å². The second-order valence-corrected chi connectivity index (χ2v) is 8.85. The summed E-state index contributed by atoms with van der Waals surface area (Å²) in [5.74, 6) is 0. The van der Waals surface area contributed by atoms with E-state index in [1.807, 2.05) is 4.90 Å². The molecule has 3 rings (SSSR count). The van der Waals surface area contributed by atoms with Gasteiger partial charge in [-0.15, -0.1) is 11.6 Å². The maximum absolute atomic E-state index is 13.1. The molecule has 0 saturated carbocycles. The van der Waals surface area contributed by atoms with E-state index in [0.717, 1.165) is 18.0 Å². The van der Waals surface area contributed by atoms with Crippen LogP contribution in [0.4, 0.5) is 18.9 Å². The Labute approximate surface area is 148 Å². The lowest BCUT2D eigenvalue weighted by molar-refractivity contribution is -0.145. The highest BCUT2D eigenvalue weighted by Gasteiger charge is 2.52. The highest BCUT2D eigenvalue weighted by molar-refractivity contribution is 7.88. The Kier molecular flexibility index (Phi) is 4.53. The maximum atomic E-state index is 13.1. The van der Waals surface area contributed by atoms with Crippen LogP contribution in [0.15, 0.2) is 12.3 Å². The van der Waals surface area contributed by atoms with Crippen LogP contribution in [0.2, 0.25) is 0 Å². The Morgan fingerprint density at radius 2 is 1.88 bits per heavy atom. The van der Waals surface area contributed by atoms with E-state index in [4.69, 9.17) is 11.6 Å². The molecule has 1 unspecified atom stereocenters. The number of rotatable bonds is 2. The van der Waals surface area contributed by atoms with Crippen molar-refractivity contribution in [2.45, 2.75) is 17.5 Å². The van der Waals surface area contributed by atoms with Gasteiger partial charge < -0.3 is 4.90 Å². The summed E-state index contributed by atoms with van der Waals surface area (Å²) >= 11 is 5.75. The minimum absolute atomic E-state index is 0.196. The Morgan fingerprint density at radius 1 is 1.24 bits per heavy atom. The summed E-state index contributed by atoms with van der Waals surface area (Å²) in [6, 6.07) is 1.73. The Bertz CT molecular complexity index is 896. The molecule has 0 N–H and O–H groups in total. The van der Waals surface area contributed by atoms with E-state index in [1.54, 1.807) is 6.07 Å². The zero-order valence-corrected chi connectivity index (χ0v) is 15.0. The molecule has 0 spiro atoms. The summed E-state index contributed by atoms with van der Waals surface area (Å²) in [5, 5.41) is 0.803. The van der Waals surface area contributed by atoms with E-state index in [0.29, 0.717) is 31.4 Å². The molecule has 1 aliphatic carbocycles. The smallest absolute Gasteiger partial charge is 0.368 e. The lowest BCUT2D eigenvalue weighted by atomic mass is 9.97. The fourth-order valence-electron chi connectivity index (χ4n) is 3.06. The average molecular weight is 396 g/mol. The predicted octanol–water partition coefficient (Wildman–Crippen LogP) is 0.668. The van der Waals surface area contributed by atoms with E-state index >= 15 is 0 Å². The second-order valence-electron chi connectivity index (χ2n) is 6.19. The summed E-state index contributed by atoms with van der Waals surface area (Å²) in [5.41, 5.74) is 0.746. The molecular formula is C15H17ClF3N3O2S. The van der Waals surface area contributed by atoms with Gasteiger partial charge in [-0.3, -0.25) is 4.98 Å². The molecule has 1 aromatic heterocycles. The molecule has 10 heteroatoms. The molecule has 1 aromatic rings. The van der Waals surface area contributed by atoms with Crippen LogP contribution < -0.4 is 15.5 Å². The number of hydrogen-bond acceptors (Lipinski definition) is 4. The van der Waals surface area contributed by atoms with Crippen molar-refractivity contribution in [1.82, 2.24) is 9.29 Å². The number of nitrogens with zero attached hydrogens (tertiary/aromatic N) is 3. The molecule has 0 bridgehead atoms. The fourth-order valence-corrected chi connectivity index (χ4v) is 4.07. The molecule has 1 atom stereocenters. The van der Waals surface area contributed by atoms with Crippen molar-refractivity contribution in [2.24, 2.45) is 0 Å². The SMILES string of the molecule is CS(=O)(=O)N1CCN(c2ccnc3c2=CCC(Cl)(C(F)(F)F)C=3)CC1. The average Bonchev–Trinajstić information content (AvgIpc) is 2.52. The van der Waals surface area contributed by atoms with Crippen LogP contribution >= 0.6 is 11.6 Å². The van der Waals surface area contributed by atoms with Gasteiger partial charge in [0.25, 0.3) is 0 Å². The van der Waals surface area contributed by atoms with Crippen molar-refractivity contribution >= 4 is 39.5 Å². The summed E-state index contributed by atoms with van der Waals surface area (Å²) in [7, 11) is -3.24. The lowest BCUT2D eigenvalue weighted by Gasteiger charge is -2.35.